The van der Waals surface area contributed by atoms with Gasteiger partial charge < -0.3 is 14.8 Å². The minimum absolute atomic E-state index is 0.0137. The van der Waals surface area contributed by atoms with Gasteiger partial charge in [0, 0.05) is 17.5 Å². The summed E-state index contributed by atoms with van der Waals surface area (Å²) in [5, 5.41) is 3.16. The van der Waals surface area contributed by atoms with Crippen molar-refractivity contribution in [1.82, 2.24) is 4.98 Å². The molecule has 1 aromatic heterocycles. The number of halogens is 2. The summed E-state index contributed by atoms with van der Waals surface area (Å²) >= 11 is 12.5. The molecule has 0 radical (unpaired) electrons. The van der Waals surface area contributed by atoms with Gasteiger partial charge in [-0.05, 0) is 55.5 Å². The molecule has 0 saturated carbocycles. The highest BCUT2D eigenvalue weighted by molar-refractivity contribution is 7.90. The second kappa shape index (κ2) is 11.5. The fourth-order valence-electron chi connectivity index (χ4n) is 3.02. The normalized spacial score (nSPS) is 11.1. The van der Waals surface area contributed by atoms with Crippen molar-refractivity contribution >= 4 is 50.6 Å². The molecule has 1 amide bonds. The molecule has 1 heterocycles. The Balaban J connectivity index is 1.72. The van der Waals surface area contributed by atoms with Crippen molar-refractivity contribution in [2.45, 2.75) is 18.2 Å². The summed E-state index contributed by atoms with van der Waals surface area (Å²) in [6, 6.07) is 12.2. The van der Waals surface area contributed by atoms with E-state index in [0.717, 1.165) is 6.26 Å². The maximum atomic E-state index is 12.7. The summed E-state index contributed by atoms with van der Waals surface area (Å²) in [6.45, 7) is 2.22. The Morgan fingerprint density at radius 2 is 1.80 bits per heavy atom. The van der Waals surface area contributed by atoms with Crippen LogP contribution in [0.2, 0.25) is 10.0 Å². The van der Waals surface area contributed by atoms with Crippen LogP contribution in [0.15, 0.2) is 59.6 Å². The molecule has 3 rings (SSSR count). The van der Waals surface area contributed by atoms with Gasteiger partial charge in [-0.1, -0.05) is 23.2 Å². The van der Waals surface area contributed by atoms with Gasteiger partial charge in [0.2, 0.25) is 0 Å². The Morgan fingerprint density at radius 1 is 1.03 bits per heavy atom. The number of ether oxygens (including phenoxy) is 2. The van der Waals surface area contributed by atoms with Crippen molar-refractivity contribution in [1.29, 1.82) is 0 Å². The average Bonchev–Trinajstić information content (AvgIpc) is 2.80. The lowest BCUT2D eigenvalue weighted by molar-refractivity contribution is -0.143. The Morgan fingerprint density at radius 3 is 2.43 bits per heavy atom. The van der Waals surface area contributed by atoms with Gasteiger partial charge in [-0.3, -0.25) is 14.6 Å². The molecular formula is C24H22Cl2N2O6S. The fourth-order valence-corrected chi connectivity index (χ4v) is 4.21. The van der Waals surface area contributed by atoms with Crippen LogP contribution in [-0.4, -0.2) is 44.7 Å². The lowest BCUT2D eigenvalue weighted by atomic mass is 10.1. The van der Waals surface area contributed by atoms with E-state index in [-0.39, 0.29) is 34.5 Å². The molecule has 0 unspecified atom stereocenters. The van der Waals surface area contributed by atoms with Gasteiger partial charge in [0.25, 0.3) is 5.91 Å². The monoisotopic (exact) mass is 536 g/mol. The quantitative estimate of drug-likeness (QED) is 0.381. The molecule has 11 heteroatoms. The number of rotatable bonds is 9. The highest BCUT2D eigenvalue weighted by Crippen LogP contribution is 2.31. The third-order valence-electron chi connectivity index (χ3n) is 4.73. The summed E-state index contributed by atoms with van der Waals surface area (Å²) in [5.74, 6) is -0.372. The number of pyridine rings is 1. The van der Waals surface area contributed by atoms with E-state index in [1.165, 1.54) is 24.4 Å². The first-order valence-corrected chi connectivity index (χ1v) is 13.1. The van der Waals surface area contributed by atoms with Crippen molar-refractivity contribution in [3.63, 3.8) is 0 Å². The molecule has 0 bridgehead atoms. The molecule has 2 aromatic carbocycles. The van der Waals surface area contributed by atoms with E-state index in [9.17, 15) is 18.0 Å². The van der Waals surface area contributed by atoms with Crippen LogP contribution in [0.3, 0.4) is 0 Å². The average molecular weight is 537 g/mol. The number of carbonyl (C=O) groups excluding carboxylic acids is 2. The predicted octanol–water partition coefficient (Wildman–Crippen LogP) is 5.04. The first-order valence-electron chi connectivity index (χ1n) is 10.4. The van der Waals surface area contributed by atoms with Gasteiger partial charge in [-0.2, -0.15) is 0 Å². The zero-order valence-corrected chi connectivity index (χ0v) is 21.2. The first kappa shape index (κ1) is 26.5. The largest absolute Gasteiger partial charge is 0.491 e. The number of anilines is 1. The molecule has 3 aromatic rings. The van der Waals surface area contributed by atoms with Crippen LogP contribution in [-0.2, 0) is 19.4 Å². The molecular weight excluding hydrogens is 515 g/mol. The van der Waals surface area contributed by atoms with Crippen LogP contribution < -0.4 is 10.1 Å². The van der Waals surface area contributed by atoms with Gasteiger partial charge in [0.1, 0.15) is 5.75 Å². The van der Waals surface area contributed by atoms with E-state index in [1.54, 1.807) is 37.3 Å². The molecule has 0 spiro atoms. The van der Waals surface area contributed by atoms with Crippen molar-refractivity contribution in [2.24, 2.45) is 0 Å². The SMILES string of the molecule is CCOC(=O)CCOc1ccc(-c2cc(NC(=O)c3ccc(S(C)(=O)=O)cc3Cl)ccc2Cl)nc1. The number of esters is 1. The van der Waals surface area contributed by atoms with Crippen molar-refractivity contribution < 1.29 is 27.5 Å². The molecule has 0 atom stereocenters. The Kier molecular flexibility index (Phi) is 8.71. The van der Waals surface area contributed by atoms with Crippen molar-refractivity contribution in [2.75, 3.05) is 24.8 Å². The molecule has 1 N–H and O–H groups in total. The van der Waals surface area contributed by atoms with Crippen molar-refractivity contribution in [3.8, 4) is 17.0 Å². The van der Waals surface area contributed by atoms with E-state index in [2.05, 4.69) is 10.3 Å². The Hall–Kier alpha value is -3.14. The smallest absolute Gasteiger partial charge is 0.309 e. The van der Waals surface area contributed by atoms with Gasteiger partial charge in [-0.15, -0.1) is 0 Å². The van der Waals surface area contributed by atoms with Crippen molar-refractivity contribution in [3.05, 3.63) is 70.3 Å². The minimum Gasteiger partial charge on any atom is -0.491 e. The molecule has 8 nitrogen and oxygen atoms in total. The summed E-state index contributed by atoms with van der Waals surface area (Å²) in [6.07, 6.45) is 2.69. The summed E-state index contributed by atoms with van der Waals surface area (Å²) in [4.78, 5) is 28.5. The molecule has 184 valence electrons. The lowest BCUT2D eigenvalue weighted by Crippen LogP contribution is -2.13. The van der Waals surface area contributed by atoms with Gasteiger partial charge in [0.05, 0.1) is 52.0 Å². The third kappa shape index (κ3) is 7.17. The number of hydrogen-bond acceptors (Lipinski definition) is 7. The zero-order valence-electron chi connectivity index (χ0n) is 18.9. The summed E-state index contributed by atoms with van der Waals surface area (Å²) in [7, 11) is -3.45. The van der Waals surface area contributed by atoms with Gasteiger partial charge >= 0.3 is 5.97 Å². The van der Waals surface area contributed by atoms with Crippen LogP contribution >= 0.6 is 23.2 Å². The van der Waals surface area contributed by atoms with E-state index in [4.69, 9.17) is 32.7 Å². The Bertz CT molecular complexity index is 1340. The second-order valence-electron chi connectivity index (χ2n) is 7.35. The van der Waals surface area contributed by atoms with Crippen LogP contribution in [0.5, 0.6) is 5.75 Å². The molecule has 0 aliphatic heterocycles. The van der Waals surface area contributed by atoms with Crippen LogP contribution in [0.25, 0.3) is 11.3 Å². The lowest BCUT2D eigenvalue weighted by Gasteiger charge is -2.11. The van der Waals surface area contributed by atoms with E-state index >= 15 is 0 Å². The number of aromatic nitrogens is 1. The summed E-state index contributed by atoms with van der Waals surface area (Å²) in [5.41, 5.74) is 1.67. The number of benzene rings is 2. The van der Waals surface area contributed by atoms with Gasteiger partial charge in [0.15, 0.2) is 9.84 Å². The maximum Gasteiger partial charge on any atom is 0.309 e. The number of nitrogens with one attached hydrogen (secondary N) is 1. The topological polar surface area (TPSA) is 112 Å². The number of amides is 1. The van der Waals surface area contributed by atoms with E-state index in [1.807, 2.05) is 0 Å². The molecule has 35 heavy (non-hydrogen) atoms. The number of carbonyl (C=O) groups is 2. The standard InChI is InChI=1S/C24H22Cl2N2O6S/c1-3-33-23(29)10-11-34-16-5-9-22(27-14-16)19-12-15(4-8-20(19)25)28-24(30)18-7-6-17(13-21(18)26)35(2,31)32/h4-9,12-14H,3,10-11H2,1-2H3,(H,28,30). The van der Waals surface area contributed by atoms with E-state index < -0.39 is 15.7 Å². The highest BCUT2D eigenvalue weighted by Gasteiger charge is 2.16. The predicted molar refractivity (Wildman–Crippen MR) is 134 cm³/mol. The Labute approximate surface area is 213 Å². The number of hydrogen-bond donors (Lipinski definition) is 1. The van der Waals surface area contributed by atoms with Crippen LogP contribution in [0.1, 0.15) is 23.7 Å². The molecule has 0 fully saturated rings. The van der Waals surface area contributed by atoms with E-state index in [0.29, 0.717) is 34.3 Å². The second-order valence-corrected chi connectivity index (χ2v) is 10.2. The fraction of sp³-hybridized carbons (Fsp3) is 0.208. The summed E-state index contributed by atoms with van der Waals surface area (Å²) < 4.78 is 33.7. The third-order valence-corrected chi connectivity index (χ3v) is 6.48. The number of sulfone groups is 1. The molecule has 0 aliphatic carbocycles. The zero-order chi connectivity index (χ0) is 25.6. The maximum absolute atomic E-state index is 12.7. The first-order chi connectivity index (χ1) is 16.6. The highest BCUT2D eigenvalue weighted by atomic mass is 35.5. The molecule has 0 aliphatic rings. The number of nitrogens with zero attached hydrogens (tertiary/aromatic N) is 1. The minimum atomic E-state index is -3.45. The van der Waals surface area contributed by atoms with Crippen LogP contribution in [0.4, 0.5) is 5.69 Å². The molecule has 0 saturated heterocycles. The van der Waals surface area contributed by atoms with Gasteiger partial charge in [-0.25, -0.2) is 8.42 Å². The van der Waals surface area contributed by atoms with Crippen LogP contribution in [0, 0.1) is 0 Å².